The van der Waals surface area contributed by atoms with Gasteiger partial charge in [-0.2, -0.15) is 13.2 Å². The number of aromatic nitrogens is 2. The van der Waals surface area contributed by atoms with E-state index in [4.69, 9.17) is 5.73 Å². The van der Waals surface area contributed by atoms with Crippen LogP contribution in [0.15, 0.2) is 0 Å². The molecule has 0 spiro atoms. The van der Waals surface area contributed by atoms with Crippen LogP contribution in [0.5, 0.6) is 0 Å². The summed E-state index contributed by atoms with van der Waals surface area (Å²) in [6, 6.07) is 0.00647. The molecule has 1 saturated heterocycles. The molecule has 1 aliphatic rings. The van der Waals surface area contributed by atoms with Gasteiger partial charge in [0, 0.05) is 19.1 Å². The van der Waals surface area contributed by atoms with Crippen molar-refractivity contribution in [3.05, 3.63) is 5.01 Å². The molecule has 1 atom stereocenters. The van der Waals surface area contributed by atoms with Crippen LogP contribution < -0.4 is 10.6 Å². The van der Waals surface area contributed by atoms with Gasteiger partial charge in [0.25, 0.3) is 0 Å². The number of piperidine rings is 1. The Bertz CT molecular complexity index is 364. The second-order valence-corrected chi connectivity index (χ2v) is 4.69. The van der Waals surface area contributed by atoms with E-state index in [0.29, 0.717) is 29.6 Å². The van der Waals surface area contributed by atoms with Crippen LogP contribution in [-0.2, 0) is 6.18 Å². The highest BCUT2D eigenvalue weighted by Gasteiger charge is 2.36. The van der Waals surface area contributed by atoms with E-state index in [1.807, 2.05) is 0 Å². The van der Waals surface area contributed by atoms with Crippen molar-refractivity contribution in [1.29, 1.82) is 0 Å². The first-order valence-corrected chi connectivity index (χ1v) is 5.69. The van der Waals surface area contributed by atoms with Gasteiger partial charge < -0.3 is 10.6 Å². The molecule has 4 nitrogen and oxygen atoms in total. The summed E-state index contributed by atoms with van der Waals surface area (Å²) in [4.78, 5) is 1.76. The minimum absolute atomic E-state index is 0.00647. The molecule has 1 unspecified atom stereocenters. The molecule has 16 heavy (non-hydrogen) atoms. The topological polar surface area (TPSA) is 55.0 Å². The molecule has 90 valence electrons. The van der Waals surface area contributed by atoms with Crippen LogP contribution in [0.4, 0.5) is 18.3 Å². The van der Waals surface area contributed by atoms with Gasteiger partial charge in [0.2, 0.25) is 10.1 Å². The normalized spacial score (nSPS) is 22.5. The third kappa shape index (κ3) is 2.43. The van der Waals surface area contributed by atoms with Crippen molar-refractivity contribution in [2.45, 2.75) is 25.1 Å². The molecular formula is C8H11F3N4S. The van der Waals surface area contributed by atoms with Crippen LogP contribution in [0.2, 0.25) is 0 Å². The number of nitrogens with two attached hydrogens (primary N) is 1. The molecule has 1 aromatic rings. The van der Waals surface area contributed by atoms with Gasteiger partial charge in [-0.15, -0.1) is 10.2 Å². The largest absolute Gasteiger partial charge is 0.445 e. The van der Waals surface area contributed by atoms with E-state index in [-0.39, 0.29) is 6.04 Å². The summed E-state index contributed by atoms with van der Waals surface area (Å²) in [5.41, 5.74) is 5.75. The Hall–Kier alpha value is -0.890. The standard InChI is InChI=1S/C8H11F3N4S/c9-8(10,11)6-13-14-7(16-6)15-3-1-2-5(12)4-15/h5H,1-4,12H2. The van der Waals surface area contributed by atoms with Gasteiger partial charge >= 0.3 is 6.18 Å². The predicted octanol–water partition coefficient (Wildman–Crippen LogP) is 1.48. The number of alkyl halides is 3. The summed E-state index contributed by atoms with van der Waals surface area (Å²) in [7, 11) is 0. The summed E-state index contributed by atoms with van der Waals surface area (Å²) in [5.74, 6) is 0. The fourth-order valence-corrected chi connectivity index (χ4v) is 2.39. The van der Waals surface area contributed by atoms with Gasteiger partial charge in [-0.05, 0) is 12.8 Å². The van der Waals surface area contributed by atoms with Crippen molar-refractivity contribution in [2.75, 3.05) is 18.0 Å². The first kappa shape index (κ1) is 11.6. The van der Waals surface area contributed by atoms with Gasteiger partial charge in [-0.25, -0.2) is 0 Å². The Labute approximate surface area is 94.3 Å². The Morgan fingerprint density at radius 2 is 2.12 bits per heavy atom. The number of hydrogen-bond acceptors (Lipinski definition) is 5. The summed E-state index contributed by atoms with van der Waals surface area (Å²) in [6.45, 7) is 1.24. The lowest BCUT2D eigenvalue weighted by Gasteiger charge is -2.29. The lowest BCUT2D eigenvalue weighted by molar-refractivity contribution is -0.138. The number of halogens is 3. The van der Waals surface area contributed by atoms with E-state index in [0.717, 1.165) is 12.8 Å². The van der Waals surface area contributed by atoms with Crippen LogP contribution in [0.1, 0.15) is 17.8 Å². The maximum atomic E-state index is 12.3. The summed E-state index contributed by atoms with van der Waals surface area (Å²) in [5, 5.41) is 6.11. The highest BCUT2D eigenvalue weighted by molar-refractivity contribution is 7.15. The maximum absolute atomic E-state index is 12.3. The molecule has 0 aromatic carbocycles. The number of anilines is 1. The smallest absolute Gasteiger partial charge is 0.345 e. The van der Waals surface area contributed by atoms with E-state index >= 15 is 0 Å². The van der Waals surface area contributed by atoms with Gasteiger partial charge in [-0.3, -0.25) is 0 Å². The number of nitrogens with zero attached hydrogens (tertiary/aromatic N) is 3. The molecule has 1 fully saturated rings. The molecule has 1 aromatic heterocycles. The summed E-state index contributed by atoms with van der Waals surface area (Å²) >= 11 is 0.572. The lowest BCUT2D eigenvalue weighted by atomic mass is 10.1. The van der Waals surface area contributed by atoms with E-state index in [1.165, 1.54) is 0 Å². The van der Waals surface area contributed by atoms with E-state index < -0.39 is 11.2 Å². The Kier molecular flexibility index (Phi) is 3.02. The minimum Gasteiger partial charge on any atom is -0.345 e. The van der Waals surface area contributed by atoms with Gasteiger partial charge in [0.15, 0.2) is 0 Å². The number of hydrogen-bond donors (Lipinski definition) is 1. The van der Waals surface area contributed by atoms with E-state index in [2.05, 4.69) is 10.2 Å². The van der Waals surface area contributed by atoms with Gasteiger partial charge in [0.1, 0.15) is 0 Å². The van der Waals surface area contributed by atoms with Crippen LogP contribution in [0.25, 0.3) is 0 Å². The molecule has 0 saturated carbocycles. The molecule has 0 radical (unpaired) electrons. The molecule has 0 aliphatic carbocycles. The monoisotopic (exact) mass is 252 g/mol. The predicted molar refractivity (Wildman–Crippen MR) is 54.3 cm³/mol. The third-order valence-electron chi connectivity index (χ3n) is 2.39. The zero-order valence-electron chi connectivity index (χ0n) is 8.37. The molecule has 0 bridgehead atoms. The zero-order valence-corrected chi connectivity index (χ0v) is 9.18. The van der Waals surface area contributed by atoms with Crippen molar-refractivity contribution in [2.24, 2.45) is 5.73 Å². The first-order valence-electron chi connectivity index (χ1n) is 4.88. The minimum atomic E-state index is -4.41. The lowest BCUT2D eigenvalue weighted by Crippen LogP contribution is -2.42. The average Bonchev–Trinajstić information content (AvgIpc) is 2.65. The van der Waals surface area contributed by atoms with Crippen molar-refractivity contribution in [1.82, 2.24) is 10.2 Å². The zero-order chi connectivity index (χ0) is 11.8. The first-order chi connectivity index (χ1) is 7.47. The average molecular weight is 252 g/mol. The highest BCUT2D eigenvalue weighted by atomic mass is 32.1. The van der Waals surface area contributed by atoms with Crippen molar-refractivity contribution in [3.8, 4) is 0 Å². The van der Waals surface area contributed by atoms with Crippen molar-refractivity contribution >= 4 is 16.5 Å². The third-order valence-corrected chi connectivity index (χ3v) is 3.41. The Balaban J connectivity index is 2.12. The number of rotatable bonds is 1. The molecule has 2 rings (SSSR count). The Morgan fingerprint density at radius 3 is 2.69 bits per heavy atom. The molecule has 2 N–H and O–H groups in total. The van der Waals surface area contributed by atoms with Gasteiger partial charge in [-0.1, -0.05) is 11.3 Å². The highest BCUT2D eigenvalue weighted by Crippen LogP contribution is 2.34. The van der Waals surface area contributed by atoms with E-state index in [1.54, 1.807) is 4.90 Å². The Morgan fingerprint density at radius 1 is 1.38 bits per heavy atom. The van der Waals surface area contributed by atoms with Gasteiger partial charge in [0.05, 0.1) is 0 Å². The maximum Gasteiger partial charge on any atom is 0.445 e. The molecule has 8 heteroatoms. The second-order valence-electron chi connectivity index (χ2n) is 3.74. The van der Waals surface area contributed by atoms with Crippen LogP contribution in [0, 0.1) is 0 Å². The summed E-state index contributed by atoms with van der Waals surface area (Å²) < 4.78 is 36.9. The molecule has 1 aliphatic heterocycles. The fourth-order valence-electron chi connectivity index (χ4n) is 1.64. The van der Waals surface area contributed by atoms with Crippen molar-refractivity contribution in [3.63, 3.8) is 0 Å². The van der Waals surface area contributed by atoms with Crippen molar-refractivity contribution < 1.29 is 13.2 Å². The fraction of sp³-hybridized carbons (Fsp3) is 0.750. The SMILES string of the molecule is NC1CCCN(c2nnc(C(F)(F)F)s2)C1. The van der Waals surface area contributed by atoms with Crippen LogP contribution >= 0.6 is 11.3 Å². The quantitative estimate of drug-likeness (QED) is 0.822. The summed E-state index contributed by atoms with van der Waals surface area (Å²) in [6.07, 6.45) is -2.63. The molecular weight excluding hydrogens is 241 g/mol. The molecule has 2 heterocycles. The molecule has 0 amide bonds. The second kappa shape index (κ2) is 4.17. The van der Waals surface area contributed by atoms with E-state index in [9.17, 15) is 13.2 Å². The van der Waals surface area contributed by atoms with Crippen LogP contribution in [-0.4, -0.2) is 29.3 Å². The van der Waals surface area contributed by atoms with Crippen LogP contribution in [0.3, 0.4) is 0 Å².